The van der Waals surface area contributed by atoms with Crippen LogP contribution in [0.5, 0.6) is 0 Å². The van der Waals surface area contributed by atoms with Crippen LogP contribution in [0.3, 0.4) is 0 Å². The van der Waals surface area contributed by atoms with Crippen LogP contribution < -0.4 is 16.6 Å². The van der Waals surface area contributed by atoms with Gasteiger partial charge in [0.2, 0.25) is 0 Å². The molecule has 2 aromatic heterocycles. The number of carbonyl (C=O) groups excluding carboxylic acids is 1. The molecular formula is C13H18N6O. The summed E-state index contributed by atoms with van der Waals surface area (Å²) in [6, 6.07) is 3.40. The third-order valence-corrected chi connectivity index (χ3v) is 2.87. The molecule has 0 fully saturated rings. The summed E-state index contributed by atoms with van der Waals surface area (Å²) in [6.45, 7) is 3.19. The summed E-state index contributed by atoms with van der Waals surface area (Å²) in [5.74, 6) is 5.70. The van der Waals surface area contributed by atoms with Gasteiger partial charge in [0.25, 0.3) is 5.91 Å². The van der Waals surface area contributed by atoms with E-state index in [1.807, 2.05) is 17.7 Å². The molecule has 2 heterocycles. The molecule has 4 N–H and O–H groups in total. The first-order valence-corrected chi connectivity index (χ1v) is 6.44. The average Bonchev–Trinajstić information content (AvgIpc) is 2.99. The molecule has 0 aromatic carbocycles. The van der Waals surface area contributed by atoms with Gasteiger partial charge in [0.15, 0.2) is 0 Å². The number of hydrazine groups is 1. The molecule has 0 aliphatic carbocycles. The van der Waals surface area contributed by atoms with Gasteiger partial charge in [0.1, 0.15) is 5.82 Å². The molecule has 0 atom stereocenters. The molecule has 0 saturated carbocycles. The average molecular weight is 274 g/mol. The third kappa shape index (κ3) is 3.55. The van der Waals surface area contributed by atoms with Gasteiger partial charge in [-0.25, -0.2) is 15.8 Å². The molecule has 0 radical (unpaired) electrons. The van der Waals surface area contributed by atoms with Crippen molar-refractivity contribution in [1.29, 1.82) is 0 Å². The lowest BCUT2D eigenvalue weighted by Gasteiger charge is -2.09. The molecule has 106 valence electrons. The van der Waals surface area contributed by atoms with E-state index in [1.54, 1.807) is 24.7 Å². The SMILES string of the molecule is CCc1cc(C(=O)NCCn2ccnc2)cc(NN)n1. The Balaban J connectivity index is 1.97. The van der Waals surface area contributed by atoms with E-state index in [1.165, 1.54) is 0 Å². The summed E-state index contributed by atoms with van der Waals surface area (Å²) < 4.78 is 1.90. The monoisotopic (exact) mass is 274 g/mol. The fourth-order valence-corrected chi connectivity index (χ4v) is 1.79. The summed E-state index contributed by atoms with van der Waals surface area (Å²) >= 11 is 0. The van der Waals surface area contributed by atoms with E-state index >= 15 is 0 Å². The van der Waals surface area contributed by atoms with Crippen molar-refractivity contribution < 1.29 is 4.79 Å². The first kappa shape index (κ1) is 14.0. The highest BCUT2D eigenvalue weighted by molar-refractivity contribution is 5.94. The van der Waals surface area contributed by atoms with Crippen LogP contribution in [-0.2, 0) is 13.0 Å². The Hall–Kier alpha value is -2.41. The molecular weight excluding hydrogens is 256 g/mol. The predicted octanol–water partition coefficient (Wildman–Crippen LogP) is 0.556. The zero-order chi connectivity index (χ0) is 14.4. The second-order valence-electron chi connectivity index (χ2n) is 4.29. The highest BCUT2D eigenvalue weighted by Crippen LogP contribution is 2.10. The van der Waals surface area contributed by atoms with Crippen LogP contribution in [0.4, 0.5) is 5.82 Å². The van der Waals surface area contributed by atoms with Crippen molar-refractivity contribution in [2.45, 2.75) is 19.9 Å². The summed E-state index contributed by atoms with van der Waals surface area (Å²) in [4.78, 5) is 20.3. The van der Waals surface area contributed by atoms with Crippen LogP contribution in [0.2, 0.25) is 0 Å². The maximum absolute atomic E-state index is 12.1. The standard InChI is InChI=1S/C13H18N6O/c1-2-11-7-10(8-12(17-11)18-14)13(20)16-4-6-19-5-3-15-9-19/h3,5,7-9H,2,4,6,14H2,1H3,(H,16,20)(H,17,18). The van der Waals surface area contributed by atoms with Gasteiger partial charge in [-0.1, -0.05) is 6.92 Å². The van der Waals surface area contributed by atoms with Crippen molar-refractivity contribution >= 4 is 11.7 Å². The number of hydrogen-bond donors (Lipinski definition) is 3. The van der Waals surface area contributed by atoms with Gasteiger partial charge >= 0.3 is 0 Å². The summed E-state index contributed by atoms with van der Waals surface area (Å²) in [5, 5.41) is 2.86. The lowest BCUT2D eigenvalue weighted by molar-refractivity contribution is 0.0952. The molecule has 0 spiro atoms. The van der Waals surface area contributed by atoms with Crippen LogP contribution in [-0.4, -0.2) is 27.0 Å². The lowest BCUT2D eigenvalue weighted by atomic mass is 10.2. The maximum atomic E-state index is 12.1. The van der Waals surface area contributed by atoms with Gasteiger partial charge in [0.05, 0.1) is 6.33 Å². The Kier molecular flexibility index (Phi) is 4.67. The Bertz CT molecular complexity index is 544. The number of aromatic nitrogens is 3. The Morgan fingerprint density at radius 3 is 2.95 bits per heavy atom. The number of aryl methyl sites for hydroxylation is 1. The number of pyridine rings is 1. The van der Waals surface area contributed by atoms with Crippen molar-refractivity contribution in [3.63, 3.8) is 0 Å². The van der Waals surface area contributed by atoms with Gasteiger partial charge in [-0.3, -0.25) is 4.79 Å². The fraction of sp³-hybridized carbons (Fsp3) is 0.308. The van der Waals surface area contributed by atoms with Gasteiger partial charge in [-0.2, -0.15) is 0 Å². The fourth-order valence-electron chi connectivity index (χ4n) is 1.79. The highest BCUT2D eigenvalue weighted by Gasteiger charge is 2.08. The molecule has 2 rings (SSSR count). The number of nitrogens with zero attached hydrogens (tertiary/aromatic N) is 3. The Morgan fingerprint density at radius 2 is 2.30 bits per heavy atom. The van der Waals surface area contributed by atoms with Crippen molar-refractivity contribution in [2.75, 3.05) is 12.0 Å². The number of imidazole rings is 1. The minimum absolute atomic E-state index is 0.140. The second-order valence-corrected chi connectivity index (χ2v) is 4.29. The van der Waals surface area contributed by atoms with E-state index in [4.69, 9.17) is 5.84 Å². The van der Waals surface area contributed by atoms with Gasteiger partial charge < -0.3 is 15.3 Å². The predicted molar refractivity (Wildman–Crippen MR) is 76.0 cm³/mol. The first-order chi connectivity index (χ1) is 9.72. The highest BCUT2D eigenvalue weighted by atomic mass is 16.1. The number of hydrogen-bond acceptors (Lipinski definition) is 5. The van der Waals surface area contributed by atoms with E-state index < -0.39 is 0 Å². The second kappa shape index (κ2) is 6.67. The Morgan fingerprint density at radius 1 is 1.45 bits per heavy atom. The van der Waals surface area contributed by atoms with Crippen molar-refractivity contribution in [3.8, 4) is 0 Å². The Labute approximate surface area is 117 Å². The zero-order valence-electron chi connectivity index (χ0n) is 11.3. The topological polar surface area (TPSA) is 97.9 Å². The van der Waals surface area contributed by atoms with E-state index in [0.717, 1.165) is 12.1 Å². The van der Waals surface area contributed by atoms with Crippen molar-refractivity contribution in [3.05, 3.63) is 42.1 Å². The molecule has 0 bridgehead atoms. The van der Waals surface area contributed by atoms with E-state index in [-0.39, 0.29) is 5.91 Å². The minimum atomic E-state index is -0.140. The minimum Gasteiger partial charge on any atom is -0.350 e. The molecule has 7 heteroatoms. The summed E-state index contributed by atoms with van der Waals surface area (Å²) in [5.41, 5.74) is 3.84. The number of nitrogens with two attached hydrogens (primary N) is 1. The van der Waals surface area contributed by atoms with E-state index in [2.05, 4.69) is 20.7 Å². The number of nitrogens with one attached hydrogen (secondary N) is 2. The molecule has 7 nitrogen and oxygen atoms in total. The molecule has 0 aliphatic heterocycles. The van der Waals surface area contributed by atoms with E-state index in [9.17, 15) is 4.79 Å². The zero-order valence-corrected chi connectivity index (χ0v) is 11.3. The molecule has 2 aromatic rings. The molecule has 20 heavy (non-hydrogen) atoms. The van der Waals surface area contributed by atoms with Crippen LogP contribution >= 0.6 is 0 Å². The van der Waals surface area contributed by atoms with Crippen LogP contribution in [0.15, 0.2) is 30.9 Å². The van der Waals surface area contributed by atoms with Gasteiger partial charge in [-0.15, -0.1) is 0 Å². The third-order valence-electron chi connectivity index (χ3n) is 2.87. The van der Waals surface area contributed by atoms with Crippen molar-refractivity contribution in [2.24, 2.45) is 5.84 Å². The molecule has 0 aliphatic rings. The number of carbonyl (C=O) groups is 1. The van der Waals surface area contributed by atoms with E-state index in [0.29, 0.717) is 24.5 Å². The first-order valence-electron chi connectivity index (χ1n) is 6.44. The molecule has 0 unspecified atom stereocenters. The molecule has 0 saturated heterocycles. The normalized spacial score (nSPS) is 10.3. The summed E-state index contributed by atoms with van der Waals surface area (Å²) in [7, 11) is 0. The quantitative estimate of drug-likeness (QED) is 0.528. The van der Waals surface area contributed by atoms with Crippen LogP contribution in [0.1, 0.15) is 23.0 Å². The molecule has 1 amide bonds. The van der Waals surface area contributed by atoms with Crippen LogP contribution in [0, 0.1) is 0 Å². The number of rotatable bonds is 6. The largest absolute Gasteiger partial charge is 0.350 e. The number of amides is 1. The summed E-state index contributed by atoms with van der Waals surface area (Å²) in [6.07, 6.45) is 6.01. The van der Waals surface area contributed by atoms with Crippen LogP contribution in [0.25, 0.3) is 0 Å². The van der Waals surface area contributed by atoms with Crippen molar-refractivity contribution in [1.82, 2.24) is 19.9 Å². The maximum Gasteiger partial charge on any atom is 0.251 e. The van der Waals surface area contributed by atoms with Gasteiger partial charge in [-0.05, 0) is 18.6 Å². The smallest absolute Gasteiger partial charge is 0.251 e. The van der Waals surface area contributed by atoms with Gasteiger partial charge in [0, 0.05) is 36.7 Å². The number of anilines is 1. The number of nitrogen functional groups attached to an aromatic ring is 1. The lowest BCUT2D eigenvalue weighted by Crippen LogP contribution is -2.27.